The van der Waals surface area contributed by atoms with Gasteiger partial charge in [0.1, 0.15) is 0 Å². The van der Waals surface area contributed by atoms with Crippen molar-refractivity contribution in [2.45, 2.75) is 44.9 Å². The summed E-state index contributed by atoms with van der Waals surface area (Å²) in [5, 5.41) is 3.52. The Labute approximate surface area is 98.3 Å². The third kappa shape index (κ3) is 1.89. The maximum absolute atomic E-state index is 3.52. The number of rotatable bonds is 0. The Morgan fingerprint density at radius 3 is 2.31 bits per heavy atom. The second kappa shape index (κ2) is 4.58. The molecule has 0 aromatic heterocycles. The Morgan fingerprint density at radius 1 is 0.688 bits per heavy atom. The van der Waals surface area contributed by atoms with Crippen molar-refractivity contribution in [3.05, 3.63) is 34.4 Å². The maximum Gasteiger partial charge on any atom is -0.000802 e. The fourth-order valence-electron chi connectivity index (χ4n) is 3.24. The molecule has 3 rings (SSSR count). The second-order valence-corrected chi connectivity index (χ2v) is 5.15. The van der Waals surface area contributed by atoms with Crippen molar-refractivity contribution in [1.82, 2.24) is 5.32 Å². The Balaban J connectivity index is 2.05. The van der Waals surface area contributed by atoms with Crippen LogP contribution in [0.5, 0.6) is 0 Å². The molecular formula is C15H21N. The molecule has 1 nitrogen and oxygen atoms in total. The van der Waals surface area contributed by atoms with Crippen molar-refractivity contribution >= 4 is 0 Å². The number of fused-ring (bicyclic) bond motifs is 3. The Kier molecular flexibility index (Phi) is 2.96. The molecule has 0 atom stereocenters. The van der Waals surface area contributed by atoms with Crippen molar-refractivity contribution in [1.29, 1.82) is 0 Å². The number of nitrogens with one attached hydrogen (secondary N) is 1. The predicted molar refractivity (Wildman–Crippen MR) is 68.0 cm³/mol. The van der Waals surface area contributed by atoms with Crippen LogP contribution in [-0.2, 0) is 25.7 Å². The molecule has 1 N–H and O–H groups in total. The first-order valence-corrected chi connectivity index (χ1v) is 6.78. The molecule has 0 saturated heterocycles. The molecule has 0 saturated carbocycles. The van der Waals surface area contributed by atoms with Crippen LogP contribution < -0.4 is 5.32 Å². The molecule has 1 aliphatic carbocycles. The van der Waals surface area contributed by atoms with E-state index >= 15 is 0 Å². The Bertz CT molecular complexity index is 344. The summed E-state index contributed by atoms with van der Waals surface area (Å²) in [5.74, 6) is 0. The standard InChI is InChI=1S/C15H21N/c1-2-4-12-6-7-13-8-10-16-11-9-15(13)14(12)5-3-1/h6-7,16H,1-5,8-11H2. The highest BCUT2D eigenvalue weighted by atomic mass is 14.8. The van der Waals surface area contributed by atoms with Crippen molar-refractivity contribution in [2.24, 2.45) is 0 Å². The van der Waals surface area contributed by atoms with Gasteiger partial charge >= 0.3 is 0 Å². The lowest BCUT2D eigenvalue weighted by atomic mass is 9.90. The van der Waals surface area contributed by atoms with Gasteiger partial charge in [-0.25, -0.2) is 0 Å². The molecule has 1 aromatic rings. The molecule has 1 heteroatoms. The van der Waals surface area contributed by atoms with Crippen LogP contribution >= 0.6 is 0 Å². The predicted octanol–water partition coefficient (Wildman–Crippen LogP) is 2.64. The van der Waals surface area contributed by atoms with Gasteiger partial charge in [-0.1, -0.05) is 18.6 Å². The van der Waals surface area contributed by atoms with Gasteiger partial charge in [-0.05, 0) is 73.9 Å². The van der Waals surface area contributed by atoms with Crippen molar-refractivity contribution in [3.8, 4) is 0 Å². The minimum Gasteiger partial charge on any atom is -0.316 e. The smallest absolute Gasteiger partial charge is 0.000802 e. The normalized spacial score (nSPS) is 20.5. The third-order valence-corrected chi connectivity index (χ3v) is 4.12. The first-order valence-electron chi connectivity index (χ1n) is 6.78. The van der Waals surface area contributed by atoms with Gasteiger partial charge in [-0.15, -0.1) is 0 Å². The molecule has 1 aliphatic heterocycles. The fraction of sp³-hybridized carbons (Fsp3) is 0.600. The van der Waals surface area contributed by atoms with Crippen LogP contribution in [0.3, 0.4) is 0 Å². The quantitative estimate of drug-likeness (QED) is 0.656. The van der Waals surface area contributed by atoms with Crippen molar-refractivity contribution in [3.63, 3.8) is 0 Å². The minimum atomic E-state index is 1.16. The third-order valence-electron chi connectivity index (χ3n) is 4.12. The number of benzene rings is 1. The highest BCUT2D eigenvalue weighted by Gasteiger charge is 2.16. The Hall–Kier alpha value is -0.820. The minimum absolute atomic E-state index is 1.16. The summed E-state index contributed by atoms with van der Waals surface area (Å²) < 4.78 is 0. The van der Waals surface area contributed by atoms with Gasteiger partial charge in [0.25, 0.3) is 0 Å². The lowest BCUT2D eigenvalue weighted by molar-refractivity contribution is 0.703. The molecule has 1 heterocycles. The van der Waals surface area contributed by atoms with Crippen LogP contribution in [-0.4, -0.2) is 13.1 Å². The van der Waals surface area contributed by atoms with E-state index in [1.807, 2.05) is 0 Å². The molecule has 0 unspecified atom stereocenters. The summed E-state index contributed by atoms with van der Waals surface area (Å²) in [6.45, 7) is 2.33. The summed E-state index contributed by atoms with van der Waals surface area (Å²) in [6, 6.07) is 4.80. The van der Waals surface area contributed by atoms with Gasteiger partial charge in [0.05, 0.1) is 0 Å². The van der Waals surface area contributed by atoms with E-state index in [9.17, 15) is 0 Å². The molecule has 2 aliphatic rings. The van der Waals surface area contributed by atoms with Gasteiger partial charge in [0, 0.05) is 0 Å². The van der Waals surface area contributed by atoms with Crippen LogP contribution in [0.1, 0.15) is 41.5 Å². The fourth-order valence-corrected chi connectivity index (χ4v) is 3.24. The lowest BCUT2D eigenvalue weighted by Gasteiger charge is -2.15. The van der Waals surface area contributed by atoms with Gasteiger partial charge in [-0.3, -0.25) is 0 Å². The molecule has 0 fully saturated rings. The molecule has 0 bridgehead atoms. The van der Waals surface area contributed by atoms with Crippen LogP contribution in [0, 0.1) is 0 Å². The maximum atomic E-state index is 3.52. The van der Waals surface area contributed by atoms with Crippen LogP contribution in [0.2, 0.25) is 0 Å². The molecule has 0 spiro atoms. The van der Waals surface area contributed by atoms with Gasteiger partial charge < -0.3 is 5.32 Å². The van der Waals surface area contributed by atoms with E-state index in [2.05, 4.69) is 17.4 Å². The average Bonchev–Trinajstić information content (AvgIpc) is 2.68. The summed E-state index contributed by atoms with van der Waals surface area (Å²) >= 11 is 0. The van der Waals surface area contributed by atoms with E-state index in [1.165, 1.54) is 51.5 Å². The highest BCUT2D eigenvalue weighted by Crippen LogP contribution is 2.27. The molecule has 0 radical (unpaired) electrons. The van der Waals surface area contributed by atoms with Gasteiger partial charge in [0.15, 0.2) is 0 Å². The second-order valence-electron chi connectivity index (χ2n) is 5.15. The number of hydrogen-bond donors (Lipinski definition) is 1. The zero-order chi connectivity index (χ0) is 10.8. The van der Waals surface area contributed by atoms with E-state index < -0.39 is 0 Å². The van der Waals surface area contributed by atoms with Crippen LogP contribution in [0.4, 0.5) is 0 Å². The van der Waals surface area contributed by atoms with Gasteiger partial charge in [0.2, 0.25) is 0 Å². The van der Waals surface area contributed by atoms with Crippen molar-refractivity contribution < 1.29 is 0 Å². The largest absolute Gasteiger partial charge is 0.316 e. The SMILES string of the molecule is c1cc2c(c3c1CCCCC3)CCNCC2. The van der Waals surface area contributed by atoms with E-state index in [-0.39, 0.29) is 0 Å². The summed E-state index contributed by atoms with van der Waals surface area (Å²) in [6.07, 6.45) is 9.33. The van der Waals surface area contributed by atoms with E-state index in [4.69, 9.17) is 0 Å². The molecule has 1 aromatic carbocycles. The molecule has 86 valence electrons. The van der Waals surface area contributed by atoms with Crippen LogP contribution in [0.25, 0.3) is 0 Å². The monoisotopic (exact) mass is 215 g/mol. The highest BCUT2D eigenvalue weighted by molar-refractivity contribution is 5.43. The summed E-state index contributed by atoms with van der Waals surface area (Å²) in [4.78, 5) is 0. The van der Waals surface area contributed by atoms with Gasteiger partial charge in [-0.2, -0.15) is 0 Å². The molecule has 0 amide bonds. The molecular weight excluding hydrogens is 194 g/mol. The zero-order valence-electron chi connectivity index (χ0n) is 10.0. The zero-order valence-corrected chi connectivity index (χ0v) is 10.0. The first kappa shape index (κ1) is 10.3. The first-order chi connectivity index (χ1) is 7.95. The van der Waals surface area contributed by atoms with E-state index in [0.717, 1.165) is 6.54 Å². The number of aryl methyl sites for hydroxylation is 1. The molecule has 16 heavy (non-hydrogen) atoms. The average molecular weight is 215 g/mol. The summed E-state index contributed by atoms with van der Waals surface area (Å²) in [7, 11) is 0. The van der Waals surface area contributed by atoms with E-state index in [0.29, 0.717) is 0 Å². The van der Waals surface area contributed by atoms with Crippen molar-refractivity contribution in [2.75, 3.05) is 13.1 Å². The lowest BCUT2D eigenvalue weighted by Crippen LogP contribution is -2.16. The summed E-state index contributed by atoms with van der Waals surface area (Å²) in [5.41, 5.74) is 6.69. The topological polar surface area (TPSA) is 12.0 Å². The number of hydrogen-bond acceptors (Lipinski definition) is 1. The Morgan fingerprint density at radius 2 is 1.38 bits per heavy atom. The van der Waals surface area contributed by atoms with Crippen LogP contribution in [0.15, 0.2) is 12.1 Å². The van der Waals surface area contributed by atoms with E-state index in [1.54, 1.807) is 22.3 Å².